The highest BCUT2D eigenvalue weighted by atomic mass is 35.5. The van der Waals surface area contributed by atoms with E-state index in [1.54, 1.807) is 29.2 Å². The molecule has 2 aliphatic heterocycles. The van der Waals surface area contributed by atoms with E-state index in [-0.39, 0.29) is 36.2 Å². The van der Waals surface area contributed by atoms with Gasteiger partial charge in [-0.25, -0.2) is 0 Å². The summed E-state index contributed by atoms with van der Waals surface area (Å²) in [6.07, 6.45) is -3.85. The van der Waals surface area contributed by atoms with Crippen molar-refractivity contribution in [2.75, 3.05) is 27.3 Å². The molecule has 1 aromatic heterocycles. The maximum atomic E-state index is 14.3. The maximum absolute atomic E-state index is 14.3. The fraction of sp³-hybridized carbons (Fsp3) is 0.429. The molecule has 1 fully saturated rings. The smallest absolute Gasteiger partial charge is 0.452 e. The first kappa shape index (κ1) is 30.0. The summed E-state index contributed by atoms with van der Waals surface area (Å²) in [4.78, 5) is 26.3. The zero-order chi connectivity index (χ0) is 30.2. The van der Waals surface area contributed by atoms with E-state index in [2.05, 4.69) is 10.2 Å². The average molecular weight is 625 g/mol. The van der Waals surface area contributed by atoms with E-state index < -0.39 is 28.5 Å². The molecule has 1 amide bonds. The molecule has 5 rings (SSSR count). The average Bonchev–Trinajstić information content (AvgIpc) is 3.36. The van der Waals surface area contributed by atoms with Gasteiger partial charge >= 0.3 is 12.1 Å². The van der Waals surface area contributed by atoms with Crippen molar-refractivity contribution in [1.29, 1.82) is 0 Å². The minimum Gasteiger partial charge on any atom is -0.493 e. The third-order valence-electron chi connectivity index (χ3n) is 7.55. The molecule has 0 saturated carbocycles. The Morgan fingerprint density at radius 3 is 2.45 bits per heavy atom. The van der Waals surface area contributed by atoms with Crippen molar-refractivity contribution in [1.82, 2.24) is 19.7 Å². The molecule has 14 heteroatoms. The van der Waals surface area contributed by atoms with Crippen molar-refractivity contribution < 1.29 is 37.3 Å². The van der Waals surface area contributed by atoms with Gasteiger partial charge < -0.3 is 19.5 Å². The van der Waals surface area contributed by atoms with Crippen LogP contribution in [-0.2, 0) is 15.8 Å². The summed E-state index contributed by atoms with van der Waals surface area (Å²) < 4.78 is 54.9. The van der Waals surface area contributed by atoms with Crippen LogP contribution >= 0.6 is 23.4 Å². The highest BCUT2D eigenvalue weighted by Crippen LogP contribution is 2.54. The van der Waals surface area contributed by atoms with Crippen LogP contribution in [0.4, 0.5) is 13.2 Å². The molecule has 1 saturated heterocycles. The molecule has 9 nitrogen and oxygen atoms in total. The highest BCUT2D eigenvalue weighted by Gasteiger charge is 2.44. The second-order valence-corrected chi connectivity index (χ2v) is 11.9. The molecule has 2 aromatic carbocycles. The zero-order valence-corrected chi connectivity index (χ0v) is 24.3. The lowest BCUT2D eigenvalue weighted by atomic mass is 9.93. The number of piperidine rings is 1. The quantitative estimate of drug-likeness (QED) is 0.344. The molecule has 0 unspecified atom stereocenters. The van der Waals surface area contributed by atoms with Crippen LogP contribution in [0.15, 0.2) is 36.4 Å². The Bertz CT molecular complexity index is 1490. The number of ether oxygens (including phenoxy) is 2. The van der Waals surface area contributed by atoms with Crippen molar-refractivity contribution in [3.8, 4) is 17.2 Å². The number of para-hydroxylation sites is 1. The van der Waals surface area contributed by atoms with Crippen molar-refractivity contribution in [3.63, 3.8) is 0 Å². The van der Waals surface area contributed by atoms with Crippen LogP contribution in [0.5, 0.6) is 11.5 Å². The van der Waals surface area contributed by atoms with Gasteiger partial charge in [0, 0.05) is 36.5 Å². The molecule has 3 aromatic rings. The number of carbonyl (C=O) groups is 2. The summed E-state index contributed by atoms with van der Waals surface area (Å²) in [6.45, 7) is 0.745. The predicted molar refractivity (Wildman–Crippen MR) is 149 cm³/mol. The van der Waals surface area contributed by atoms with Crippen molar-refractivity contribution >= 4 is 35.2 Å². The Morgan fingerprint density at radius 2 is 1.81 bits per heavy atom. The zero-order valence-electron chi connectivity index (χ0n) is 22.7. The number of fused-ring (bicyclic) bond motifs is 3. The minimum atomic E-state index is -4.82. The number of benzene rings is 2. The second kappa shape index (κ2) is 12.0. The van der Waals surface area contributed by atoms with Crippen LogP contribution in [0.3, 0.4) is 0 Å². The third kappa shape index (κ3) is 5.89. The second-order valence-electron chi connectivity index (χ2n) is 10.1. The number of halogens is 4. The van der Waals surface area contributed by atoms with E-state index in [0.717, 1.165) is 4.57 Å². The van der Waals surface area contributed by atoms with Gasteiger partial charge in [-0.3, -0.25) is 14.2 Å². The van der Waals surface area contributed by atoms with Gasteiger partial charge in [0.1, 0.15) is 0 Å². The highest BCUT2D eigenvalue weighted by molar-refractivity contribution is 8.00. The molecular formula is C28H28ClF3N4O5S. The van der Waals surface area contributed by atoms with Crippen molar-refractivity contribution in [2.45, 2.75) is 42.4 Å². The van der Waals surface area contributed by atoms with E-state index in [4.69, 9.17) is 26.2 Å². The van der Waals surface area contributed by atoms with Crippen molar-refractivity contribution in [2.24, 2.45) is 5.92 Å². The van der Waals surface area contributed by atoms with Crippen LogP contribution in [0.2, 0.25) is 5.02 Å². The topological polar surface area (TPSA) is 107 Å². The van der Waals surface area contributed by atoms with Crippen LogP contribution in [0.25, 0.3) is 5.69 Å². The monoisotopic (exact) mass is 624 g/mol. The van der Waals surface area contributed by atoms with Gasteiger partial charge in [-0.15, -0.1) is 22.0 Å². The van der Waals surface area contributed by atoms with E-state index in [9.17, 15) is 22.8 Å². The van der Waals surface area contributed by atoms with Gasteiger partial charge in [0.2, 0.25) is 11.7 Å². The Hall–Kier alpha value is -3.45. The minimum absolute atomic E-state index is 0.00521. The van der Waals surface area contributed by atoms with E-state index in [1.165, 1.54) is 38.1 Å². The molecule has 1 N–H and O–H groups in total. The summed E-state index contributed by atoms with van der Waals surface area (Å²) in [5.41, 5.74) is 1.29. The summed E-state index contributed by atoms with van der Waals surface area (Å²) in [5, 5.41) is 15.5. The molecule has 0 aliphatic carbocycles. The Labute approximate surface area is 248 Å². The summed E-state index contributed by atoms with van der Waals surface area (Å²) in [7, 11) is 2.97. The van der Waals surface area contributed by atoms with Gasteiger partial charge in [-0.05, 0) is 48.6 Å². The number of hydrogen-bond acceptors (Lipinski definition) is 7. The van der Waals surface area contributed by atoms with Crippen LogP contribution in [0, 0.1) is 5.92 Å². The molecule has 0 bridgehead atoms. The number of methoxy groups -OCH3 is 2. The number of aliphatic carboxylic acids is 1. The number of alkyl halides is 3. The van der Waals surface area contributed by atoms with E-state index in [1.807, 2.05) is 0 Å². The lowest BCUT2D eigenvalue weighted by Gasteiger charge is -2.32. The molecule has 0 spiro atoms. The number of thioether (sulfide) groups is 1. The molecular weight excluding hydrogens is 597 g/mol. The summed E-state index contributed by atoms with van der Waals surface area (Å²) in [6, 6.07) is 9.88. The SMILES string of the molecule is COc1cccc([C@H]2S[C@H](CC(=O)N3CCC(CC(=O)O)CC3)c3nnc(C(F)(F)F)n3-c3ccc(Cl)cc32)c1OC. The standard InChI is InChI=1S/C28H28ClF3N4O5S/c1-40-20-5-3-4-17(24(20)41-2)25-18-13-16(29)6-7-19(18)36-26(33-34-27(36)28(30,31)32)21(42-25)14-22(37)35-10-8-15(9-11-35)12-23(38)39/h3-7,13,15,21,25H,8-12,14H2,1-2H3,(H,38,39)/t21-,25-/m1/s1. The fourth-order valence-corrected chi connectivity index (χ4v) is 7.27. The number of aromatic nitrogens is 3. The van der Waals surface area contributed by atoms with Crippen LogP contribution < -0.4 is 9.47 Å². The largest absolute Gasteiger partial charge is 0.493 e. The third-order valence-corrected chi connectivity index (χ3v) is 9.27. The van der Waals surface area contributed by atoms with Gasteiger partial charge in [0.05, 0.1) is 30.4 Å². The lowest BCUT2D eigenvalue weighted by Crippen LogP contribution is -2.39. The number of carbonyl (C=O) groups excluding carboxylic acids is 1. The molecule has 2 aliphatic rings. The first-order valence-corrected chi connectivity index (χ1v) is 14.5. The Balaban J connectivity index is 1.59. The molecule has 2 atom stereocenters. The fourth-order valence-electron chi connectivity index (χ4n) is 5.58. The molecule has 0 radical (unpaired) electrons. The van der Waals surface area contributed by atoms with Gasteiger partial charge in [0.25, 0.3) is 0 Å². The lowest BCUT2D eigenvalue weighted by molar-refractivity contribution is -0.146. The predicted octanol–water partition coefficient (Wildman–Crippen LogP) is 5.94. The van der Waals surface area contributed by atoms with Gasteiger partial charge in [0.15, 0.2) is 17.3 Å². The summed E-state index contributed by atoms with van der Waals surface area (Å²) >= 11 is 7.65. The first-order chi connectivity index (χ1) is 20.0. The number of carboxylic acids is 1. The number of nitrogens with zero attached hydrogens (tertiary/aromatic N) is 4. The first-order valence-electron chi connectivity index (χ1n) is 13.2. The normalized spacial score (nSPS) is 19.0. The van der Waals surface area contributed by atoms with E-state index >= 15 is 0 Å². The number of amides is 1. The van der Waals surface area contributed by atoms with Crippen molar-refractivity contribution in [3.05, 3.63) is 64.2 Å². The van der Waals surface area contributed by atoms with Gasteiger partial charge in [-0.2, -0.15) is 13.2 Å². The summed E-state index contributed by atoms with van der Waals surface area (Å²) in [5.74, 6) is -1.53. The Kier molecular flexibility index (Phi) is 8.61. The molecule has 224 valence electrons. The maximum Gasteiger partial charge on any atom is 0.452 e. The van der Waals surface area contributed by atoms with Crippen LogP contribution in [-0.4, -0.2) is 64.0 Å². The Morgan fingerprint density at radius 1 is 1.07 bits per heavy atom. The number of carboxylic acid groups (broad SMARTS) is 1. The van der Waals surface area contributed by atoms with E-state index in [0.29, 0.717) is 53.6 Å². The van der Waals surface area contributed by atoms with Crippen LogP contribution in [0.1, 0.15) is 59.0 Å². The number of likely N-dealkylation sites (tertiary alicyclic amines) is 1. The molecule has 3 heterocycles. The number of hydrogen-bond donors (Lipinski definition) is 1. The number of rotatable bonds is 7. The molecule has 42 heavy (non-hydrogen) atoms. The van der Waals surface area contributed by atoms with Gasteiger partial charge in [-0.1, -0.05) is 23.7 Å².